The minimum atomic E-state index is -0.0336. The van der Waals surface area contributed by atoms with E-state index in [1.54, 1.807) is 6.20 Å². The molecule has 1 heterocycles. The molecule has 0 saturated carbocycles. The first kappa shape index (κ1) is 14.0. The lowest BCUT2D eigenvalue weighted by Gasteiger charge is -2.04. The van der Waals surface area contributed by atoms with Crippen molar-refractivity contribution in [1.82, 2.24) is 15.3 Å². The predicted octanol–water partition coefficient (Wildman–Crippen LogP) is 1.03. The van der Waals surface area contributed by atoms with Crippen LogP contribution in [0.3, 0.4) is 0 Å². The lowest BCUT2D eigenvalue weighted by Crippen LogP contribution is -2.20. The summed E-state index contributed by atoms with van der Waals surface area (Å²) in [5, 5.41) is 2.71. The van der Waals surface area contributed by atoms with Gasteiger partial charge in [0.2, 0.25) is 11.8 Å². The molecule has 1 aromatic heterocycles. The summed E-state index contributed by atoms with van der Waals surface area (Å²) in [5.41, 5.74) is 0.765. The Hall–Kier alpha value is -2.11. The van der Waals surface area contributed by atoms with Crippen LogP contribution < -0.4 is 14.8 Å². The van der Waals surface area contributed by atoms with Gasteiger partial charge in [0, 0.05) is 19.7 Å². The summed E-state index contributed by atoms with van der Waals surface area (Å²) in [6.07, 6.45) is 6.12. The average molecular weight is 251 g/mol. The Morgan fingerprint density at radius 3 is 2.83 bits per heavy atom. The zero-order chi connectivity index (χ0) is 13.4. The number of carbonyl (C=O) groups excluding carboxylic acids is 1. The third-order valence-electron chi connectivity index (χ3n) is 2.12. The van der Waals surface area contributed by atoms with Gasteiger partial charge in [0.1, 0.15) is 0 Å². The van der Waals surface area contributed by atoms with Crippen LogP contribution in [-0.2, 0) is 4.79 Å². The van der Waals surface area contributed by atoms with Crippen LogP contribution >= 0.6 is 0 Å². The smallest absolute Gasteiger partial charge is 0.319 e. The van der Waals surface area contributed by atoms with E-state index in [9.17, 15) is 4.79 Å². The maximum atomic E-state index is 10.7. The second-order valence-corrected chi connectivity index (χ2v) is 3.50. The van der Waals surface area contributed by atoms with Crippen molar-refractivity contribution in [2.75, 3.05) is 20.8 Å². The van der Waals surface area contributed by atoms with Gasteiger partial charge in [-0.25, -0.2) is 4.98 Å². The van der Waals surface area contributed by atoms with Gasteiger partial charge in [0.05, 0.1) is 19.8 Å². The molecule has 0 atom stereocenters. The van der Waals surface area contributed by atoms with Gasteiger partial charge in [-0.15, -0.1) is 0 Å². The molecule has 0 radical (unpaired) electrons. The Balaban J connectivity index is 2.60. The minimum absolute atomic E-state index is 0.0336. The zero-order valence-electron chi connectivity index (χ0n) is 10.8. The van der Waals surface area contributed by atoms with E-state index in [1.165, 1.54) is 21.1 Å². The van der Waals surface area contributed by atoms with E-state index in [0.29, 0.717) is 12.4 Å². The van der Waals surface area contributed by atoms with E-state index >= 15 is 0 Å². The molecule has 0 aliphatic heterocycles. The fraction of sp³-hybridized carbons (Fsp3) is 0.417. The Morgan fingerprint density at radius 1 is 1.44 bits per heavy atom. The van der Waals surface area contributed by atoms with Gasteiger partial charge in [0.15, 0.2) is 0 Å². The Kier molecular flexibility index (Phi) is 5.63. The average Bonchev–Trinajstić information content (AvgIpc) is 2.38. The van der Waals surface area contributed by atoms with Crippen LogP contribution in [0.1, 0.15) is 18.9 Å². The van der Waals surface area contributed by atoms with Crippen molar-refractivity contribution < 1.29 is 14.3 Å². The van der Waals surface area contributed by atoms with E-state index in [-0.39, 0.29) is 11.9 Å². The van der Waals surface area contributed by atoms with Crippen molar-refractivity contribution in [3.8, 4) is 11.9 Å². The molecule has 0 aliphatic rings. The summed E-state index contributed by atoms with van der Waals surface area (Å²) in [5.74, 6) is 0.423. The largest absolute Gasteiger partial charge is 0.480 e. The summed E-state index contributed by atoms with van der Waals surface area (Å²) >= 11 is 0. The first-order valence-electron chi connectivity index (χ1n) is 5.53. The topological polar surface area (TPSA) is 73.3 Å². The molecule has 0 bridgehead atoms. The number of carbonyl (C=O) groups is 1. The van der Waals surface area contributed by atoms with Crippen molar-refractivity contribution in [2.24, 2.45) is 0 Å². The normalized spacial score (nSPS) is 10.4. The molecule has 0 unspecified atom stereocenters. The van der Waals surface area contributed by atoms with E-state index in [1.807, 2.05) is 12.2 Å². The fourth-order valence-electron chi connectivity index (χ4n) is 1.28. The molecule has 1 N–H and O–H groups in total. The first-order valence-corrected chi connectivity index (χ1v) is 5.53. The summed E-state index contributed by atoms with van der Waals surface area (Å²) in [4.78, 5) is 18.7. The van der Waals surface area contributed by atoms with E-state index in [2.05, 4.69) is 15.3 Å². The van der Waals surface area contributed by atoms with Crippen molar-refractivity contribution in [1.29, 1.82) is 0 Å². The second-order valence-electron chi connectivity index (χ2n) is 3.50. The third-order valence-corrected chi connectivity index (χ3v) is 2.12. The highest BCUT2D eigenvalue weighted by molar-refractivity contribution is 5.72. The number of rotatable bonds is 6. The van der Waals surface area contributed by atoms with Gasteiger partial charge in [-0.05, 0) is 6.42 Å². The number of nitrogens with zero attached hydrogens (tertiary/aromatic N) is 2. The van der Waals surface area contributed by atoms with Gasteiger partial charge in [-0.1, -0.05) is 12.2 Å². The molecule has 0 aliphatic carbocycles. The van der Waals surface area contributed by atoms with E-state index < -0.39 is 0 Å². The standard InChI is InChI=1S/C12H17N3O3/c1-9(16)13-7-5-4-6-10-8-14-12(18-3)15-11(10)17-2/h4,6,8H,5,7H2,1-3H3,(H,13,16). The second kappa shape index (κ2) is 7.26. The van der Waals surface area contributed by atoms with Gasteiger partial charge >= 0.3 is 6.01 Å². The monoisotopic (exact) mass is 251 g/mol. The molecule has 0 fully saturated rings. The highest BCUT2D eigenvalue weighted by Crippen LogP contribution is 2.18. The van der Waals surface area contributed by atoms with Crippen LogP contribution in [0, 0.1) is 0 Å². The summed E-state index contributed by atoms with van der Waals surface area (Å²) in [6, 6.07) is 0.266. The highest BCUT2D eigenvalue weighted by atomic mass is 16.5. The lowest BCUT2D eigenvalue weighted by atomic mass is 10.2. The predicted molar refractivity (Wildman–Crippen MR) is 67.5 cm³/mol. The molecule has 1 amide bonds. The summed E-state index contributed by atoms with van der Waals surface area (Å²) in [7, 11) is 3.04. The first-order chi connectivity index (χ1) is 8.67. The SMILES string of the molecule is COc1ncc(C=CCCNC(C)=O)c(OC)n1. The molecular formula is C12H17N3O3. The van der Waals surface area contributed by atoms with Crippen LogP contribution in [0.2, 0.25) is 0 Å². The van der Waals surface area contributed by atoms with E-state index in [0.717, 1.165) is 12.0 Å². The fourth-order valence-corrected chi connectivity index (χ4v) is 1.28. The molecule has 6 heteroatoms. The maximum absolute atomic E-state index is 10.7. The van der Waals surface area contributed by atoms with Crippen molar-refractivity contribution in [3.05, 3.63) is 17.8 Å². The molecule has 1 aromatic rings. The van der Waals surface area contributed by atoms with Gasteiger partial charge in [-0.3, -0.25) is 4.79 Å². The number of amides is 1. The molecule has 18 heavy (non-hydrogen) atoms. The van der Waals surface area contributed by atoms with Gasteiger partial charge in [-0.2, -0.15) is 4.98 Å². The number of hydrogen-bond acceptors (Lipinski definition) is 5. The number of nitrogens with one attached hydrogen (secondary N) is 1. The van der Waals surface area contributed by atoms with Crippen molar-refractivity contribution in [2.45, 2.75) is 13.3 Å². The van der Waals surface area contributed by atoms with Gasteiger partial charge < -0.3 is 14.8 Å². The quantitative estimate of drug-likeness (QED) is 0.764. The highest BCUT2D eigenvalue weighted by Gasteiger charge is 2.04. The number of ether oxygens (including phenoxy) is 2. The Labute approximate surface area is 106 Å². The van der Waals surface area contributed by atoms with Gasteiger partial charge in [0.25, 0.3) is 0 Å². The maximum Gasteiger partial charge on any atom is 0.319 e. The molecule has 1 rings (SSSR count). The summed E-state index contributed by atoms with van der Waals surface area (Å²) in [6.45, 7) is 2.09. The third kappa shape index (κ3) is 4.40. The van der Waals surface area contributed by atoms with Crippen molar-refractivity contribution >= 4 is 12.0 Å². The number of hydrogen-bond donors (Lipinski definition) is 1. The molecule has 0 aromatic carbocycles. The molecule has 0 spiro atoms. The lowest BCUT2D eigenvalue weighted by molar-refractivity contribution is -0.118. The van der Waals surface area contributed by atoms with Crippen LogP contribution in [0.5, 0.6) is 11.9 Å². The molecule has 0 saturated heterocycles. The zero-order valence-corrected chi connectivity index (χ0v) is 10.8. The Bertz CT molecular complexity index is 433. The molecular weight excluding hydrogens is 234 g/mol. The summed E-state index contributed by atoms with van der Waals surface area (Å²) < 4.78 is 10.0. The van der Waals surface area contributed by atoms with E-state index in [4.69, 9.17) is 9.47 Å². The molecule has 6 nitrogen and oxygen atoms in total. The minimum Gasteiger partial charge on any atom is -0.480 e. The van der Waals surface area contributed by atoms with Crippen molar-refractivity contribution in [3.63, 3.8) is 0 Å². The number of aromatic nitrogens is 2. The number of methoxy groups -OCH3 is 2. The van der Waals surface area contributed by atoms with Crippen LogP contribution in [-0.4, -0.2) is 36.6 Å². The van der Waals surface area contributed by atoms with Crippen LogP contribution in [0.25, 0.3) is 6.08 Å². The molecule has 98 valence electrons. The van der Waals surface area contributed by atoms with Crippen LogP contribution in [0.4, 0.5) is 0 Å². The Morgan fingerprint density at radius 2 is 2.22 bits per heavy atom. The van der Waals surface area contributed by atoms with Crippen LogP contribution in [0.15, 0.2) is 12.3 Å².